The van der Waals surface area contributed by atoms with Crippen molar-refractivity contribution < 1.29 is 27.5 Å². The minimum Gasteiger partial charge on any atom is -0.444 e. The molecule has 1 N–H and O–H groups in total. The molecule has 2 amide bonds. The maximum absolute atomic E-state index is 14.8. The summed E-state index contributed by atoms with van der Waals surface area (Å²) in [6.07, 6.45) is 0.241. The molecule has 1 saturated heterocycles. The quantitative estimate of drug-likeness (QED) is 0.666. The number of hydrogen-bond acceptors (Lipinski definition) is 7. The van der Waals surface area contributed by atoms with Crippen LogP contribution in [0, 0.1) is 5.82 Å². The highest BCUT2D eigenvalue weighted by Crippen LogP contribution is 2.45. The standard InChI is InChI=1S/C24H29F3N6O3/c1-13-11-32(6-7-33(13)22(35)36-23(2,3)4)17-9-14(25)8-16(30-17)20-19-15(24(5,26)27)10-18(34)31-21(19)29-12-28-20/h8-9,12-13,15H,6-7,10-11H2,1-5H3,(H,28,29,31,34)/t13-,15?/m0/s1. The Morgan fingerprint density at radius 3 is 2.53 bits per heavy atom. The Balaban J connectivity index is 1.65. The number of pyridine rings is 1. The first-order valence-electron chi connectivity index (χ1n) is 11.7. The molecule has 0 saturated carbocycles. The van der Waals surface area contributed by atoms with Gasteiger partial charge < -0.3 is 19.9 Å². The number of ether oxygens (including phenoxy) is 1. The van der Waals surface area contributed by atoms with Gasteiger partial charge >= 0.3 is 6.09 Å². The fourth-order valence-corrected chi connectivity index (χ4v) is 4.46. The molecule has 2 aromatic heterocycles. The number of amides is 2. The van der Waals surface area contributed by atoms with E-state index in [-0.39, 0.29) is 34.6 Å². The van der Waals surface area contributed by atoms with Crippen molar-refractivity contribution in [2.24, 2.45) is 0 Å². The SMILES string of the molecule is C[C@H]1CN(c2cc(F)cc(-c3ncnc4c3C(C(C)(F)F)CC(=O)N4)n2)CCN1C(=O)OC(C)(C)C. The third-order valence-electron chi connectivity index (χ3n) is 6.09. The second kappa shape index (κ2) is 9.21. The van der Waals surface area contributed by atoms with Crippen molar-refractivity contribution in [3.63, 3.8) is 0 Å². The Morgan fingerprint density at radius 1 is 1.17 bits per heavy atom. The number of carbonyl (C=O) groups is 2. The van der Waals surface area contributed by atoms with E-state index in [1.54, 1.807) is 25.7 Å². The number of aromatic nitrogens is 3. The third kappa shape index (κ3) is 5.36. The first-order chi connectivity index (χ1) is 16.7. The van der Waals surface area contributed by atoms with E-state index in [0.717, 1.165) is 19.3 Å². The Kier molecular flexibility index (Phi) is 6.56. The monoisotopic (exact) mass is 506 g/mol. The number of rotatable bonds is 3. The average Bonchev–Trinajstić information content (AvgIpc) is 2.75. The van der Waals surface area contributed by atoms with Crippen molar-refractivity contribution in [3.05, 3.63) is 29.8 Å². The van der Waals surface area contributed by atoms with Crippen LogP contribution in [-0.4, -0.2) is 69.1 Å². The number of nitrogens with one attached hydrogen (secondary N) is 1. The van der Waals surface area contributed by atoms with Crippen LogP contribution in [-0.2, 0) is 9.53 Å². The maximum atomic E-state index is 14.8. The predicted molar refractivity (Wildman–Crippen MR) is 126 cm³/mol. The summed E-state index contributed by atoms with van der Waals surface area (Å²) in [5.41, 5.74) is -0.517. The number of piperazine rings is 1. The van der Waals surface area contributed by atoms with Gasteiger partial charge in [0.2, 0.25) is 5.91 Å². The van der Waals surface area contributed by atoms with Gasteiger partial charge in [-0.3, -0.25) is 4.79 Å². The molecule has 2 aliphatic heterocycles. The highest BCUT2D eigenvalue weighted by molar-refractivity contribution is 5.95. The molecule has 2 aromatic rings. The summed E-state index contributed by atoms with van der Waals surface area (Å²) in [7, 11) is 0. The molecular formula is C24H29F3N6O3. The van der Waals surface area contributed by atoms with Gasteiger partial charge in [0.05, 0.1) is 17.3 Å². The fourth-order valence-electron chi connectivity index (χ4n) is 4.46. The normalized spacial score (nSPS) is 20.6. The molecule has 1 fully saturated rings. The number of anilines is 2. The summed E-state index contributed by atoms with van der Waals surface area (Å²) < 4.78 is 49.2. The lowest BCUT2D eigenvalue weighted by atomic mass is 9.85. The van der Waals surface area contributed by atoms with Crippen LogP contribution in [0.2, 0.25) is 0 Å². The lowest BCUT2D eigenvalue weighted by Crippen LogP contribution is -2.55. The van der Waals surface area contributed by atoms with E-state index in [9.17, 15) is 22.8 Å². The summed E-state index contributed by atoms with van der Waals surface area (Å²) in [6.45, 7) is 9.03. The van der Waals surface area contributed by atoms with Crippen LogP contribution < -0.4 is 10.2 Å². The lowest BCUT2D eigenvalue weighted by molar-refractivity contribution is -0.119. The zero-order valence-electron chi connectivity index (χ0n) is 20.8. The van der Waals surface area contributed by atoms with E-state index in [0.29, 0.717) is 19.6 Å². The zero-order chi connectivity index (χ0) is 26.4. The molecule has 36 heavy (non-hydrogen) atoms. The molecule has 0 aliphatic carbocycles. The summed E-state index contributed by atoms with van der Waals surface area (Å²) in [6, 6.07) is 2.13. The molecule has 2 aliphatic rings. The number of nitrogens with zero attached hydrogens (tertiary/aromatic N) is 5. The van der Waals surface area contributed by atoms with Gasteiger partial charge in [0, 0.05) is 49.8 Å². The van der Waals surface area contributed by atoms with Crippen molar-refractivity contribution in [3.8, 4) is 11.4 Å². The van der Waals surface area contributed by atoms with Crippen LogP contribution in [0.3, 0.4) is 0 Å². The molecule has 9 nitrogen and oxygen atoms in total. The van der Waals surface area contributed by atoms with Crippen LogP contribution in [0.5, 0.6) is 0 Å². The van der Waals surface area contributed by atoms with Crippen molar-refractivity contribution in [1.29, 1.82) is 0 Å². The molecule has 0 radical (unpaired) electrons. The second-order valence-corrected chi connectivity index (χ2v) is 10.2. The van der Waals surface area contributed by atoms with Gasteiger partial charge in [0.25, 0.3) is 5.92 Å². The smallest absolute Gasteiger partial charge is 0.410 e. The van der Waals surface area contributed by atoms with Crippen molar-refractivity contribution >= 4 is 23.6 Å². The summed E-state index contributed by atoms with van der Waals surface area (Å²) in [4.78, 5) is 40.6. The molecule has 4 rings (SSSR count). The van der Waals surface area contributed by atoms with Crippen LogP contribution in [0.25, 0.3) is 11.4 Å². The number of fused-ring (bicyclic) bond motifs is 1. The topological polar surface area (TPSA) is 101 Å². The summed E-state index contributed by atoms with van der Waals surface area (Å²) >= 11 is 0. The Morgan fingerprint density at radius 2 is 1.89 bits per heavy atom. The van der Waals surface area contributed by atoms with Gasteiger partial charge in [-0.1, -0.05) is 0 Å². The van der Waals surface area contributed by atoms with Gasteiger partial charge in [-0.15, -0.1) is 0 Å². The van der Waals surface area contributed by atoms with Crippen molar-refractivity contribution in [2.45, 2.75) is 64.5 Å². The molecule has 0 spiro atoms. The summed E-state index contributed by atoms with van der Waals surface area (Å²) in [5, 5.41) is 2.50. The molecule has 1 unspecified atom stereocenters. The number of alkyl halides is 2. The van der Waals surface area contributed by atoms with Crippen LogP contribution in [0.15, 0.2) is 18.5 Å². The van der Waals surface area contributed by atoms with E-state index in [2.05, 4.69) is 20.3 Å². The molecule has 194 valence electrons. The summed E-state index contributed by atoms with van der Waals surface area (Å²) in [5.74, 6) is -5.67. The highest BCUT2D eigenvalue weighted by Gasteiger charge is 2.43. The van der Waals surface area contributed by atoms with Gasteiger partial charge in [0.15, 0.2) is 0 Å². The molecule has 0 aromatic carbocycles. The van der Waals surface area contributed by atoms with Gasteiger partial charge in [-0.2, -0.15) is 0 Å². The minimum absolute atomic E-state index is 0.0248. The van der Waals surface area contributed by atoms with E-state index in [1.165, 1.54) is 6.07 Å². The van der Waals surface area contributed by atoms with E-state index < -0.39 is 41.7 Å². The molecule has 12 heteroatoms. The molecule has 0 bridgehead atoms. The van der Waals surface area contributed by atoms with Gasteiger partial charge in [-0.25, -0.2) is 32.9 Å². The van der Waals surface area contributed by atoms with E-state index in [1.807, 2.05) is 11.8 Å². The minimum atomic E-state index is -3.24. The van der Waals surface area contributed by atoms with E-state index in [4.69, 9.17) is 4.74 Å². The van der Waals surface area contributed by atoms with Crippen LogP contribution in [0.1, 0.15) is 52.5 Å². The number of carbonyl (C=O) groups excluding carboxylic acids is 2. The Hall–Kier alpha value is -3.44. The Bertz CT molecular complexity index is 1180. The first kappa shape index (κ1) is 25.6. The number of halogens is 3. The molecular weight excluding hydrogens is 477 g/mol. The highest BCUT2D eigenvalue weighted by atomic mass is 19.3. The molecule has 2 atom stereocenters. The van der Waals surface area contributed by atoms with Crippen molar-refractivity contribution in [2.75, 3.05) is 29.9 Å². The van der Waals surface area contributed by atoms with Crippen LogP contribution in [0.4, 0.5) is 29.6 Å². The van der Waals surface area contributed by atoms with E-state index >= 15 is 0 Å². The Labute approximate surface area is 207 Å². The fraction of sp³-hybridized carbons (Fsp3) is 0.542. The number of hydrogen-bond donors (Lipinski definition) is 1. The first-order valence-corrected chi connectivity index (χ1v) is 11.7. The second-order valence-electron chi connectivity index (χ2n) is 10.2. The lowest BCUT2D eigenvalue weighted by Gasteiger charge is -2.40. The average molecular weight is 507 g/mol. The predicted octanol–water partition coefficient (Wildman–Crippen LogP) is 4.20. The third-order valence-corrected chi connectivity index (χ3v) is 6.09. The van der Waals surface area contributed by atoms with Gasteiger partial charge in [0.1, 0.15) is 29.4 Å². The zero-order valence-corrected chi connectivity index (χ0v) is 20.8. The van der Waals surface area contributed by atoms with Gasteiger partial charge in [-0.05, 0) is 34.6 Å². The molecule has 4 heterocycles. The maximum Gasteiger partial charge on any atom is 0.410 e. The largest absolute Gasteiger partial charge is 0.444 e. The van der Waals surface area contributed by atoms with Crippen LogP contribution >= 0.6 is 0 Å². The van der Waals surface area contributed by atoms with Crippen molar-refractivity contribution in [1.82, 2.24) is 19.9 Å².